The summed E-state index contributed by atoms with van der Waals surface area (Å²) in [6, 6.07) is 10.8. The third kappa shape index (κ3) is 9.91. The Bertz CT molecular complexity index is 1830. The van der Waals surface area contributed by atoms with E-state index in [9.17, 15) is 37.5 Å². The maximum Gasteiger partial charge on any atom is 0.422 e. The number of carbonyl (C=O) groups is 4. The standard InChI is InChI=1S/C36H39ClF3N7O6/c37-24-10-8-23(9-11-24)35(18-19-35)47-32-43-31(44-33(45-32)53-20-36(38,39)40)41-25-12-6-21(7-13-25)28(49)42-26(30(51)52)14-15-27(48)29(50)46-34(16-17-34)22-4-2-1-3-5-22/h6-13,22,26H,1-5,14-20H2,(H,42,49)(H,46,50)(H,51,52)(H2,41,43,44,45,47)/t26-/m0/s1. The SMILES string of the molecule is O=C(CC[C@H](NC(=O)c1ccc(Nc2nc(NC3(c4ccc(Cl)cc4)CC3)nc(OCC(F)(F)F)n2)cc1)C(=O)O)C(=O)NC1(C2CCCCC2)CC1. The Balaban J connectivity index is 1.06. The molecular formula is C36H39ClF3N7O6. The zero-order valence-electron chi connectivity index (χ0n) is 28.6. The number of ether oxygens (including phenoxy) is 1. The van der Waals surface area contributed by atoms with Crippen LogP contribution in [0, 0.1) is 5.92 Å². The van der Waals surface area contributed by atoms with Crippen molar-refractivity contribution >= 4 is 52.8 Å². The van der Waals surface area contributed by atoms with E-state index in [2.05, 4.69) is 36.2 Å². The van der Waals surface area contributed by atoms with Crippen molar-refractivity contribution in [2.45, 2.75) is 93.9 Å². The number of Topliss-reactive ketones (excluding diaryl/α,β-unsaturated/α-hetero) is 1. The van der Waals surface area contributed by atoms with Crippen LogP contribution in [0.2, 0.25) is 5.02 Å². The monoisotopic (exact) mass is 757 g/mol. The summed E-state index contributed by atoms with van der Waals surface area (Å²) in [5, 5.41) is 21.6. The van der Waals surface area contributed by atoms with Gasteiger partial charge in [0.15, 0.2) is 6.61 Å². The van der Waals surface area contributed by atoms with Gasteiger partial charge in [0.1, 0.15) is 6.04 Å². The van der Waals surface area contributed by atoms with E-state index in [1.54, 1.807) is 12.1 Å². The lowest BCUT2D eigenvalue weighted by molar-refractivity contribution is -0.154. The number of hydrogen-bond donors (Lipinski definition) is 5. The summed E-state index contributed by atoms with van der Waals surface area (Å²) in [5.41, 5.74) is 0.424. The smallest absolute Gasteiger partial charge is 0.422 e. The first-order chi connectivity index (χ1) is 25.2. The van der Waals surface area contributed by atoms with Crippen LogP contribution in [0.3, 0.4) is 0 Å². The van der Waals surface area contributed by atoms with Gasteiger partial charge in [-0.3, -0.25) is 14.4 Å². The zero-order valence-corrected chi connectivity index (χ0v) is 29.4. The van der Waals surface area contributed by atoms with Crippen molar-refractivity contribution in [3.63, 3.8) is 0 Å². The molecule has 1 aromatic heterocycles. The van der Waals surface area contributed by atoms with E-state index in [1.807, 2.05) is 12.1 Å². The Hall–Kier alpha value is -4.99. The minimum atomic E-state index is -4.64. The number of rotatable bonds is 16. The van der Waals surface area contributed by atoms with Gasteiger partial charge in [-0.2, -0.15) is 28.1 Å². The quantitative estimate of drug-likeness (QED) is 0.107. The number of carboxylic acid groups (broad SMARTS) is 1. The molecule has 3 saturated carbocycles. The van der Waals surface area contributed by atoms with Crippen molar-refractivity contribution < 1.29 is 42.2 Å². The molecule has 0 bridgehead atoms. The summed E-state index contributed by atoms with van der Waals surface area (Å²) in [7, 11) is 0. The summed E-state index contributed by atoms with van der Waals surface area (Å²) in [5.74, 6) is -3.38. The molecule has 17 heteroatoms. The van der Waals surface area contributed by atoms with Gasteiger partial charge >= 0.3 is 18.2 Å². The molecule has 6 rings (SSSR count). The normalized spacial score (nSPS) is 17.9. The van der Waals surface area contributed by atoms with E-state index in [4.69, 9.17) is 16.3 Å². The van der Waals surface area contributed by atoms with Gasteiger partial charge in [-0.1, -0.05) is 43.0 Å². The van der Waals surface area contributed by atoms with Crippen molar-refractivity contribution in [2.24, 2.45) is 5.92 Å². The van der Waals surface area contributed by atoms with Gasteiger partial charge < -0.3 is 31.1 Å². The first-order valence-electron chi connectivity index (χ1n) is 17.5. The average Bonchev–Trinajstić information content (AvgIpc) is 4.07. The maximum absolute atomic E-state index is 13.0. The van der Waals surface area contributed by atoms with E-state index in [-0.39, 0.29) is 35.8 Å². The number of ketones is 1. The highest BCUT2D eigenvalue weighted by molar-refractivity contribution is 6.36. The van der Waals surface area contributed by atoms with E-state index in [0.717, 1.165) is 44.1 Å². The lowest BCUT2D eigenvalue weighted by Gasteiger charge is -2.31. The molecule has 282 valence electrons. The molecule has 3 aromatic rings. The molecule has 2 amide bonds. The summed E-state index contributed by atoms with van der Waals surface area (Å²) in [6.07, 6.45) is 3.21. The molecule has 3 aliphatic rings. The number of aliphatic carboxylic acids is 1. The minimum Gasteiger partial charge on any atom is -0.480 e. The van der Waals surface area contributed by atoms with Crippen LogP contribution in [0.5, 0.6) is 6.01 Å². The third-order valence-electron chi connectivity index (χ3n) is 9.94. The summed E-state index contributed by atoms with van der Waals surface area (Å²) < 4.78 is 43.6. The van der Waals surface area contributed by atoms with Crippen LogP contribution in [-0.4, -0.2) is 68.0 Å². The fraction of sp³-hybridized carbons (Fsp3) is 0.472. The highest BCUT2D eigenvalue weighted by Crippen LogP contribution is 2.49. The van der Waals surface area contributed by atoms with E-state index in [0.29, 0.717) is 29.5 Å². The Morgan fingerprint density at radius 3 is 2.17 bits per heavy atom. The number of benzene rings is 2. The largest absolute Gasteiger partial charge is 0.480 e. The van der Waals surface area contributed by atoms with Gasteiger partial charge in [0.2, 0.25) is 17.7 Å². The second kappa shape index (κ2) is 15.5. The summed E-state index contributed by atoms with van der Waals surface area (Å²) >= 11 is 6.02. The second-order valence-corrected chi connectivity index (χ2v) is 14.3. The van der Waals surface area contributed by atoms with Crippen LogP contribution in [0.1, 0.15) is 86.6 Å². The van der Waals surface area contributed by atoms with Crippen LogP contribution in [0.25, 0.3) is 0 Å². The van der Waals surface area contributed by atoms with Gasteiger partial charge in [-0.15, -0.1) is 0 Å². The first-order valence-corrected chi connectivity index (χ1v) is 17.9. The molecule has 53 heavy (non-hydrogen) atoms. The number of anilines is 3. The Labute approximate surface area is 307 Å². The van der Waals surface area contributed by atoms with Crippen LogP contribution >= 0.6 is 11.6 Å². The van der Waals surface area contributed by atoms with E-state index >= 15 is 0 Å². The van der Waals surface area contributed by atoms with Gasteiger partial charge in [0.25, 0.3) is 11.8 Å². The lowest BCUT2D eigenvalue weighted by Crippen LogP contribution is -2.47. The highest BCUT2D eigenvalue weighted by Gasteiger charge is 2.51. The number of carbonyl (C=O) groups excluding carboxylic acids is 3. The number of carboxylic acids is 1. The van der Waals surface area contributed by atoms with Crippen LogP contribution in [0.15, 0.2) is 48.5 Å². The maximum atomic E-state index is 13.0. The van der Waals surface area contributed by atoms with Gasteiger partial charge in [0, 0.05) is 28.2 Å². The van der Waals surface area contributed by atoms with Crippen molar-refractivity contribution in [3.8, 4) is 6.01 Å². The second-order valence-electron chi connectivity index (χ2n) is 13.9. The molecule has 1 heterocycles. The van der Waals surface area contributed by atoms with Crippen molar-refractivity contribution in [1.82, 2.24) is 25.6 Å². The molecule has 0 aliphatic heterocycles. The fourth-order valence-corrected chi connectivity index (χ4v) is 6.84. The molecular weight excluding hydrogens is 719 g/mol. The number of aromatic nitrogens is 3. The number of nitrogens with zero attached hydrogens (tertiary/aromatic N) is 3. The van der Waals surface area contributed by atoms with Gasteiger partial charge in [-0.05, 0) is 92.8 Å². The number of alkyl halides is 3. The topological polar surface area (TPSA) is 185 Å². The molecule has 13 nitrogen and oxygen atoms in total. The average molecular weight is 758 g/mol. The first kappa shape index (κ1) is 37.8. The number of nitrogens with one attached hydrogen (secondary N) is 4. The lowest BCUT2D eigenvalue weighted by atomic mass is 9.82. The van der Waals surface area contributed by atoms with Crippen LogP contribution < -0.4 is 26.0 Å². The number of hydrogen-bond acceptors (Lipinski definition) is 10. The summed E-state index contributed by atoms with van der Waals surface area (Å²) in [6.45, 7) is -1.62. The van der Waals surface area contributed by atoms with Crippen molar-refractivity contribution in [3.05, 3.63) is 64.7 Å². The van der Waals surface area contributed by atoms with E-state index < -0.39 is 53.9 Å². The van der Waals surface area contributed by atoms with Crippen LogP contribution in [0.4, 0.5) is 30.8 Å². The molecule has 0 saturated heterocycles. The van der Waals surface area contributed by atoms with Gasteiger partial charge in [0.05, 0.1) is 5.54 Å². The molecule has 0 unspecified atom stereocenters. The Kier molecular flexibility index (Phi) is 11.1. The minimum absolute atomic E-state index is 0.0323. The van der Waals surface area contributed by atoms with Crippen LogP contribution in [-0.2, 0) is 19.9 Å². The number of amides is 2. The van der Waals surface area contributed by atoms with Crippen molar-refractivity contribution in [2.75, 3.05) is 17.2 Å². The number of halogens is 4. The molecule has 1 atom stereocenters. The zero-order chi connectivity index (χ0) is 37.8. The highest BCUT2D eigenvalue weighted by atomic mass is 35.5. The fourth-order valence-electron chi connectivity index (χ4n) is 6.72. The van der Waals surface area contributed by atoms with Gasteiger partial charge in [-0.25, -0.2) is 4.79 Å². The predicted molar refractivity (Wildman–Crippen MR) is 187 cm³/mol. The molecule has 3 aliphatic carbocycles. The molecule has 0 radical (unpaired) electrons. The third-order valence-corrected chi connectivity index (χ3v) is 10.2. The Morgan fingerprint density at radius 1 is 0.906 bits per heavy atom. The molecule has 3 fully saturated rings. The molecule has 2 aromatic carbocycles. The molecule has 5 N–H and O–H groups in total. The molecule has 0 spiro atoms. The summed E-state index contributed by atoms with van der Waals surface area (Å²) in [4.78, 5) is 62.6. The van der Waals surface area contributed by atoms with E-state index in [1.165, 1.54) is 30.7 Å². The Morgan fingerprint density at radius 2 is 1.57 bits per heavy atom. The van der Waals surface area contributed by atoms with Crippen molar-refractivity contribution in [1.29, 1.82) is 0 Å². The predicted octanol–water partition coefficient (Wildman–Crippen LogP) is 6.07.